The maximum Gasteiger partial charge on any atom is 0.225 e. The van der Waals surface area contributed by atoms with Crippen LogP contribution >= 0.6 is 0 Å². The maximum absolute atomic E-state index is 9.62. The Labute approximate surface area is 127 Å². The van der Waals surface area contributed by atoms with Gasteiger partial charge in [-0.25, -0.2) is 9.97 Å². The van der Waals surface area contributed by atoms with Gasteiger partial charge in [-0.05, 0) is 50.6 Å². The SMILES string of the molecule is C[C@H](O)CN1CCCC2(CCN(c3ncccn3)CC2)C1. The number of anilines is 1. The summed E-state index contributed by atoms with van der Waals surface area (Å²) in [6, 6.07) is 1.87. The van der Waals surface area contributed by atoms with Gasteiger partial charge in [0.15, 0.2) is 0 Å². The van der Waals surface area contributed by atoms with Crippen LogP contribution in [0.15, 0.2) is 18.5 Å². The third-order valence-electron chi connectivity index (χ3n) is 4.92. The minimum absolute atomic E-state index is 0.224. The van der Waals surface area contributed by atoms with E-state index in [2.05, 4.69) is 19.8 Å². The fourth-order valence-electron chi connectivity index (χ4n) is 3.88. The molecular formula is C16H26N4O. The standard InChI is InChI=1S/C16H26N4O/c1-14(21)12-19-9-2-4-16(13-19)5-10-20(11-6-16)15-17-7-3-8-18-15/h3,7-8,14,21H,2,4-6,9-13H2,1H3/t14-/m0/s1. The Kier molecular flexibility index (Phi) is 4.40. The van der Waals surface area contributed by atoms with E-state index in [-0.39, 0.29) is 6.10 Å². The smallest absolute Gasteiger partial charge is 0.225 e. The lowest BCUT2D eigenvalue weighted by Crippen LogP contribution is -2.51. The molecule has 116 valence electrons. The Balaban J connectivity index is 1.59. The van der Waals surface area contributed by atoms with Gasteiger partial charge in [-0.2, -0.15) is 0 Å². The van der Waals surface area contributed by atoms with Crippen molar-refractivity contribution in [3.8, 4) is 0 Å². The molecule has 0 bridgehead atoms. The van der Waals surface area contributed by atoms with E-state index in [1.807, 2.05) is 25.4 Å². The Morgan fingerprint density at radius 1 is 1.19 bits per heavy atom. The van der Waals surface area contributed by atoms with Crippen LogP contribution in [0.5, 0.6) is 0 Å². The van der Waals surface area contributed by atoms with Gasteiger partial charge in [-0.3, -0.25) is 0 Å². The number of piperidine rings is 2. The highest BCUT2D eigenvalue weighted by Gasteiger charge is 2.38. The Morgan fingerprint density at radius 2 is 1.90 bits per heavy atom. The Morgan fingerprint density at radius 3 is 2.57 bits per heavy atom. The third kappa shape index (κ3) is 3.52. The van der Waals surface area contributed by atoms with Crippen molar-refractivity contribution in [2.45, 2.75) is 38.7 Å². The summed E-state index contributed by atoms with van der Waals surface area (Å²) in [6.45, 7) is 7.07. The molecule has 1 aromatic heterocycles. The van der Waals surface area contributed by atoms with Crippen molar-refractivity contribution >= 4 is 5.95 Å². The summed E-state index contributed by atoms with van der Waals surface area (Å²) in [5.74, 6) is 0.865. The molecule has 5 heteroatoms. The Bertz CT molecular complexity index is 443. The molecule has 0 unspecified atom stereocenters. The molecule has 5 nitrogen and oxygen atoms in total. The van der Waals surface area contributed by atoms with Gasteiger partial charge in [0.1, 0.15) is 0 Å². The first-order chi connectivity index (χ1) is 10.2. The van der Waals surface area contributed by atoms with E-state index in [9.17, 15) is 5.11 Å². The van der Waals surface area contributed by atoms with E-state index in [0.717, 1.165) is 38.7 Å². The molecule has 21 heavy (non-hydrogen) atoms. The highest BCUT2D eigenvalue weighted by Crippen LogP contribution is 2.40. The maximum atomic E-state index is 9.62. The molecule has 3 heterocycles. The van der Waals surface area contributed by atoms with Crippen molar-refractivity contribution < 1.29 is 5.11 Å². The number of β-amino-alcohol motifs (C(OH)–C–C–N with tert-alkyl or cyclic N) is 1. The zero-order chi connectivity index (χ0) is 14.7. The van der Waals surface area contributed by atoms with E-state index >= 15 is 0 Å². The van der Waals surface area contributed by atoms with Gasteiger partial charge in [0, 0.05) is 38.6 Å². The minimum atomic E-state index is -0.224. The van der Waals surface area contributed by atoms with Gasteiger partial charge in [-0.1, -0.05) is 0 Å². The molecule has 0 aliphatic carbocycles. The number of aliphatic hydroxyl groups excluding tert-OH is 1. The van der Waals surface area contributed by atoms with Crippen molar-refractivity contribution in [2.75, 3.05) is 37.6 Å². The van der Waals surface area contributed by atoms with Crippen LogP contribution in [-0.4, -0.2) is 58.8 Å². The third-order valence-corrected chi connectivity index (χ3v) is 4.92. The van der Waals surface area contributed by atoms with Gasteiger partial charge in [-0.15, -0.1) is 0 Å². The lowest BCUT2D eigenvalue weighted by atomic mass is 9.72. The zero-order valence-electron chi connectivity index (χ0n) is 12.9. The zero-order valence-corrected chi connectivity index (χ0v) is 12.9. The summed E-state index contributed by atoms with van der Waals surface area (Å²) in [5.41, 5.74) is 0.443. The summed E-state index contributed by atoms with van der Waals surface area (Å²) in [5, 5.41) is 9.62. The Hall–Kier alpha value is -1.20. The molecule has 0 radical (unpaired) electrons. The normalized spacial score (nSPS) is 24.2. The van der Waals surface area contributed by atoms with Crippen molar-refractivity contribution in [2.24, 2.45) is 5.41 Å². The molecule has 2 aliphatic rings. The van der Waals surface area contributed by atoms with Gasteiger partial charge in [0.25, 0.3) is 0 Å². The molecule has 2 aliphatic heterocycles. The van der Waals surface area contributed by atoms with Crippen LogP contribution in [0.2, 0.25) is 0 Å². The molecule has 1 N–H and O–H groups in total. The second-order valence-corrected chi connectivity index (χ2v) is 6.72. The van der Waals surface area contributed by atoms with Gasteiger partial charge < -0.3 is 14.9 Å². The van der Waals surface area contributed by atoms with E-state index in [0.29, 0.717) is 5.41 Å². The van der Waals surface area contributed by atoms with Crippen molar-refractivity contribution in [1.29, 1.82) is 0 Å². The fraction of sp³-hybridized carbons (Fsp3) is 0.750. The van der Waals surface area contributed by atoms with Gasteiger partial charge in [0.2, 0.25) is 5.95 Å². The van der Waals surface area contributed by atoms with Crippen molar-refractivity contribution in [1.82, 2.24) is 14.9 Å². The quantitative estimate of drug-likeness (QED) is 0.915. The summed E-state index contributed by atoms with van der Waals surface area (Å²) in [6.07, 6.45) is 8.41. The highest BCUT2D eigenvalue weighted by molar-refractivity contribution is 5.29. The van der Waals surface area contributed by atoms with E-state index in [4.69, 9.17) is 0 Å². The number of likely N-dealkylation sites (tertiary alicyclic amines) is 1. The molecule has 0 amide bonds. The monoisotopic (exact) mass is 290 g/mol. The van der Waals surface area contributed by atoms with E-state index in [1.165, 1.54) is 25.7 Å². The van der Waals surface area contributed by atoms with Crippen LogP contribution in [-0.2, 0) is 0 Å². The lowest BCUT2D eigenvalue weighted by molar-refractivity contribution is 0.0360. The van der Waals surface area contributed by atoms with Gasteiger partial charge in [0.05, 0.1) is 6.10 Å². The number of aromatic nitrogens is 2. The fourth-order valence-corrected chi connectivity index (χ4v) is 3.88. The van der Waals surface area contributed by atoms with Crippen LogP contribution in [0.4, 0.5) is 5.95 Å². The molecule has 0 aromatic carbocycles. The molecular weight excluding hydrogens is 264 g/mol. The first kappa shape index (κ1) is 14.7. The molecule has 1 aromatic rings. The summed E-state index contributed by atoms with van der Waals surface area (Å²) in [4.78, 5) is 13.5. The molecule has 2 saturated heterocycles. The number of aliphatic hydroxyl groups is 1. The molecule has 0 saturated carbocycles. The van der Waals surface area contributed by atoms with Crippen LogP contribution in [0.1, 0.15) is 32.6 Å². The van der Waals surface area contributed by atoms with Crippen LogP contribution in [0.25, 0.3) is 0 Å². The first-order valence-electron chi connectivity index (χ1n) is 8.09. The number of nitrogens with zero attached hydrogens (tertiary/aromatic N) is 4. The predicted molar refractivity (Wildman–Crippen MR) is 83.3 cm³/mol. The lowest BCUT2D eigenvalue weighted by Gasteiger charge is -2.48. The number of hydrogen-bond acceptors (Lipinski definition) is 5. The number of rotatable bonds is 3. The molecule has 1 atom stereocenters. The largest absolute Gasteiger partial charge is 0.392 e. The predicted octanol–water partition coefficient (Wildman–Crippen LogP) is 1.54. The molecule has 1 spiro atoms. The van der Waals surface area contributed by atoms with E-state index in [1.54, 1.807) is 0 Å². The average molecular weight is 290 g/mol. The first-order valence-corrected chi connectivity index (χ1v) is 8.09. The number of hydrogen-bond donors (Lipinski definition) is 1. The summed E-state index contributed by atoms with van der Waals surface area (Å²) in [7, 11) is 0. The van der Waals surface area contributed by atoms with Crippen LogP contribution < -0.4 is 4.90 Å². The minimum Gasteiger partial charge on any atom is -0.392 e. The molecule has 3 rings (SSSR count). The van der Waals surface area contributed by atoms with Gasteiger partial charge >= 0.3 is 0 Å². The average Bonchev–Trinajstić information content (AvgIpc) is 2.48. The topological polar surface area (TPSA) is 52.5 Å². The van der Waals surface area contributed by atoms with E-state index < -0.39 is 0 Å². The van der Waals surface area contributed by atoms with Crippen molar-refractivity contribution in [3.63, 3.8) is 0 Å². The molecule has 2 fully saturated rings. The second kappa shape index (κ2) is 6.28. The summed E-state index contributed by atoms with van der Waals surface area (Å²) >= 11 is 0. The second-order valence-electron chi connectivity index (χ2n) is 6.72. The highest BCUT2D eigenvalue weighted by atomic mass is 16.3. The van der Waals surface area contributed by atoms with Crippen LogP contribution in [0, 0.1) is 5.41 Å². The van der Waals surface area contributed by atoms with Crippen molar-refractivity contribution in [3.05, 3.63) is 18.5 Å². The van der Waals surface area contributed by atoms with Crippen LogP contribution in [0.3, 0.4) is 0 Å². The summed E-state index contributed by atoms with van der Waals surface area (Å²) < 4.78 is 0.